The van der Waals surface area contributed by atoms with Crippen molar-refractivity contribution >= 4 is 11.8 Å². The lowest BCUT2D eigenvalue weighted by Crippen LogP contribution is -2.49. The third kappa shape index (κ3) is 1.81. The molecule has 0 unspecified atom stereocenters. The minimum absolute atomic E-state index is 0.0669. The van der Waals surface area contributed by atoms with Gasteiger partial charge in [-0.1, -0.05) is 0 Å². The molecule has 17 heavy (non-hydrogen) atoms. The van der Waals surface area contributed by atoms with E-state index in [4.69, 9.17) is 0 Å². The number of rotatable bonds is 2. The van der Waals surface area contributed by atoms with E-state index in [0.29, 0.717) is 0 Å². The molecule has 0 N–H and O–H groups in total. The predicted molar refractivity (Wildman–Crippen MR) is 54.3 cm³/mol. The van der Waals surface area contributed by atoms with Crippen LogP contribution in [0.5, 0.6) is 0 Å². The molecule has 0 atom stereocenters. The van der Waals surface area contributed by atoms with Gasteiger partial charge in [-0.15, -0.1) is 0 Å². The van der Waals surface area contributed by atoms with Gasteiger partial charge in [0.2, 0.25) is 0 Å². The van der Waals surface area contributed by atoms with Crippen LogP contribution >= 0.6 is 0 Å². The second-order valence-electron chi connectivity index (χ2n) is 4.12. The van der Waals surface area contributed by atoms with Crippen molar-refractivity contribution in [2.24, 2.45) is 0 Å². The molecule has 0 radical (unpaired) electrons. The van der Waals surface area contributed by atoms with Crippen molar-refractivity contribution in [1.29, 1.82) is 0 Å². The molecule has 0 heterocycles. The van der Waals surface area contributed by atoms with Crippen LogP contribution in [0, 0.1) is 11.6 Å². The van der Waals surface area contributed by atoms with Crippen molar-refractivity contribution in [3.05, 3.63) is 35.4 Å². The summed E-state index contributed by atoms with van der Waals surface area (Å²) in [7, 11) is 1.18. The van der Waals surface area contributed by atoms with Gasteiger partial charge < -0.3 is 4.74 Å². The summed E-state index contributed by atoms with van der Waals surface area (Å²) in [5.41, 5.74) is -1.06. The predicted octanol–water partition coefficient (Wildman–Crippen LogP) is 1.74. The van der Waals surface area contributed by atoms with Crippen molar-refractivity contribution in [2.45, 2.75) is 18.3 Å². The molecule has 1 aliphatic rings. The number of benzene rings is 1. The second kappa shape index (κ2) is 3.91. The first-order valence-corrected chi connectivity index (χ1v) is 5.04. The smallest absolute Gasteiger partial charge is 0.317 e. The van der Waals surface area contributed by atoms with Crippen LogP contribution in [0.3, 0.4) is 0 Å². The van der Waals surface area contributed by atoms with Gasteiger partial charge in [0.25, 0.3) is 0 Å². The fourth-order valence-electron chi connectivity index (χ4n) is 2.11. The van der Waals surface area contributed by atoms with Gasteiger partial charge in [-0.25, -0.2) is 8.78 Å². The fraction of sp³-hybridized carbons (Fsp3) is 0.333. The summed E-state index contributed by atoms with van der Waals surface area (Å²) in [6.07, 6.45) is -0.134. The van der Waals surface area contributed by atoms with E-state index in [1.54, 1.807) is 0 Å². The van der Waals surface area contributed by atoms with E-state index in [1.165, 1.54) is 7.11 Å². The number of ether oxygens (including phenoxy) is 1. The number of carbonyl (C=O) groups is 2. The molecule has 2 rings (SSSR count). The number of ketones is 1. The monoisotopic (exact) mass is 240 g/mol. The van der Waals surface area contributed by atoms with Crippen LogP contribution in [-0.2, 0) is 19.7 Å². The van der Waals surface area contributed by atoms with Crippen molar-refractivity contribution in [1.82, 2.24) is 0 Å². The van der Waals surface area contributed by atoms with Gasteiger partial charge in [-0.2, -0.15) is 0 Å². The Balaban J connectivity index is 2.47. The second-order valence-corrected chi connectivity index (χ2v) is 4.12. The molecule has 1 aromatic rings. The average molecular weight is 240 g/mol. The number of Topliss-reactive ketones (excluding diaryl/α,β-unsaturated/α-hetero) is 1. The molecular weight excluding hydrogens is 230 g/mol. The lowest BCUT2D eigenvalue weighted by molar-refractivity contribution is -0.156. The molecule has 1 aromatic carbocycles. The van der Waals surface area contributed by atoms with Crippen molar-refractivity contribution in [3.63, 3.8) is 0 Å². The normalized spacial score (nSPS) is 17.5. The molecular formula is C12H10F2O3. The number of carbonyl (C=O) groups excluding carboxylic acids is 2. The van der Waals surface area contributed by atoms with Crippen molar-refractivity contribution < 1.29 is 23.1 Å². The number of hydrogen-bond acceptors (Lipinski definition) is 3. The third-order valence-electron chi connectivity index (χ3n) is 2.99. The maximum absolute atomic E-state index is 13.1. The first kappa shape index (κ1) is 11.7. The molecule has 0 aromatic heterocycles. The van der Waals surface area contributed by atoms with Crippen LogP contribution in [0.15, 0.2) is 18.2 Å². The maximum atomic E-state index is 13.1. The summed E-state index contributed by atoms with van der Waals surface area (Å²) < 4.78 is 30.8. The molecule has 0 amide bonds. The molecule has 1 saturated carbocycles. The van der Waals surface area contributed by atoms with Crippen LogP contribution in [0.2, 0.25) is 0 Å². The Hall–Kier alpha value is -1.78. The highest BCUT2D eigenvalue weighted by atomic mass is 19.1. The number of methoxy groups -OCH3 is 1. The Labute approximate surface area is 96.4 Å². The largest absolute Gasteiger partial charge is 0.468 e. The summed E-state index contributed by atoms with van der Waals surface area (Å²) in [4.78, 5) is 22.7. The molecule has 0 saturated heterocycles. The fourth-order valence-corrected chi connectivity index (χ4v) is 2.11. The molecule has 90 valence electrons. The van der Waals surface area contributed by atoms with Gasteiger partial charge in [0, 0.05) is 18.9 Å². The summed E-state index contributed by atoms with van der Waals surface area (Å²) in [5.74, 6) is -2.31. The SMILES string of the molecule is COC(=O)C1(c2cc(F)cc(F)c2)CC(=O)C1. The molecule has 5 heteroatoms. The minimum atomic E-state index is -1.21. The van der Waals surface area contributed by atoms with E-state index < -0.39 is 23.0 Å². The van der Waals surface area contributed by atoms with Crippen LogP contribution in [0.4, 0.5) is 8.78 Å². The van der Waals surface area contributed by atoms with Gasteiger partial charge in [-0.3, -0.25) is 9.59 Å². The molecule has 0 spiro atoms. The first-order chi connectivity index (χ1) is 7.98. The molecule has 0 aliphatic heterocycles. The lowest BCUT2D eigenvalue weighted by atomic mass is 9.63. The highest BCUT2D eigenvalue weighted by molar-refractivity contribution is 6.02. The highest BCUT2D eigenvalue weighted by Gasteiger charge is 2.52. The lowest BCUT2D eigenvalue weighted by Gasteiger charge is -2.37. The molecule has 1 aliphatic carbocycles. The van der Waals surface area contributed by atoms with Gasteiger partial charge >= 0.3 is 5.97 Å². The summed E-state index contributed by atoms with van der Waals surface area (Å²) in [5, 5.41) is 0. The number of halogens is 2. The van der Waals surface area contributed by atoms with Crippen LogP contribution in [0.25, 0.3) is 0 Å². The highest BCUT2D eigenvalue weighted by Crippen LogP contribution is 2.42. The van der Waals surface area contributed by atoms with Gasteiger partial charge in [-0.05, 0) is 17.7 Å². The van der Waals surface area contributed by atoms with Gasteiger partial charge in [0.1, 0.15) is 22.8 Å². The first-order valence-electron chi connectivity index (χ1n) is 5.04. The molecule has 0 bridgehead atoms. The van der Waals surface area contributed by atoms with Crippen LogP contribution < -0.4 is 0 Å². The Morgan fingerprint density at radius 3 is 2.18 bits per heavy atom. The Morgan fingerprint density at radius 2 is 1.76 bits per heavy atom. The molecule has 1 fully saturated rings. The van der Waals surface area contributed by atoms with E-state index >= 15 is 0 Å². The number of hydrogen-bond donors (Lipinski definition) is 0. The Bertz CT molecular complexity index is 468. The third-order valence-corrected chi connectivity index (χ3v) is 2.99. The Morgan fingerprint density at radius 1 is 1.24 bits per heavy atom. The Kier molecular flexibility index (Phi) is 2.69. The summed E-state index contributed by atoms with van der Waals surface area (Å²) >= 11 is 0. The number of esters is 1. The zero-order valence-electron chi connectivity index (χ0n) is 9.13. The zero-order valence-corrected chi connectivity index (χ0v) is 9.13. The standard InChI is InChI=1S/C12H10F2O3/c1-17-11(16)12(5-10(15)6-12)7-2-8(13)4-9(14)3-7/h2-4H,5-6H2,1H3. The van der Waals surface area contributed by atoms with E-state index in [-0.39, 0.29) is 24.2 Å². The van der Waals surface area contributed by atoms with Gasteiger partial charge in [0.15, 0.2) is 0 Å². The van der Waals surface area contributed by atoms with Gasteiger partial charge in [0.05, 0.1) is 7.11 Å². The topological polar surface area (TPSA) is 43.4 Å². The van der Waals surface area contributed by atoms with Crippen molar-refractivity contribution in [3.8, 4) is 0 Å². The van der Waals surface area contributed by atoms with E-state index in [2.05, 4.69) is 4.74 Å². The zero-order chi connectivity index (χ0) is 12.6. The minimum Gasteiger partial charge on any atom is -0.468 e. The van der Waals surface area contributed by atoms with E-state index in [1.807, 2.05) is 0 Å². The molecule has 3 nitrogen and oxygen atoms in total. The average Bonchev–Trinajstić information content (AvgIpc) is 2.22. The quantitative estimate of drug-likeness (QED) is 0.739. The summed E-state index contributed by atoms with van der Waals surface area (Å²) in [6, 6.07) is 2.84. The maximum Gasteiger partial charge on any atom is 0.317 e. The van der Waals surface area contributed by atoms with Crippen LogP contribution in [-0.4, -0.2) is 18.9 Å². The van der Waals surface area contributed by atoms with E-state index in [0.717, 1.165) is 18.2 Å². The van der Waals surface area contributed by atoms with Crippen molar-refractivity contribution in [2.75, 3.05) is 7.11 Å². The van der Waals surface area contributed by atoms with Crippen LogP contribution in [0.1, 0.15) is 18.4 Å². The summed E-state index contributed by atoms with van der Waals surface area (Å²) in [6.45, 7) is 0. The van der Waals surface area contributed by atoms with E-state index in [9.17, 15) is 18.4 Å².